The van der Waals surface area contributed by atoms with E-state index in [4.69, 9.17) is 5.73 Å². The number of rotatable bonds is 4. The van der Waals surface area contributed by atoms with Gasteiger partial charge in [-0.2, -0.15) is 0 Å². The lowest BCUT2D eigenvalue weighted by Crippen LogP contribution is -2.55. The number of amides is 1. The minimum absolute atomic E-state index is 0.183. The van der Waals surface area contributed by atoms with E-state index < -0.39 is 0 Å². The zero-order valence-corrected chi connectivity index (χ0v) is 10.8. The van der Waals surface area contributed by atoms with E-state index >= 15 is 0 Å². The fourth-order valence-electron chi connectivity index (χ4n) is 3.30. The third-order valence-electron chi connectivity index (χ3n) is 4.31. The van der Waals surface area contributed by atoms with Gasteiger partial charge in [0, 0.05) is 24.5 Å². The maximum atomic E-state index is 11.7. The average molecular weight is 239 g/mol. The molecule has 2 unspecified atom stereocenters. The predicted molar refractivity (Wildman–Crippen MR) is 68.6 cm³/mol. The molecule has 2 saturated heterocycles. The van der Waals surface area contributed by atoms with Crippen LogP contribution in [0.3, 0.4) is 0 Å². The summed E-state index contributed by atoms with van der Waals surface area (Å²) in [6.45, 7) is 0.603. The van der Waals surface area contributed by atoms with Crippen molar-refractivity contribution in [3.05, 3.63) is 0 Å². The zero-order valence-electron chi connectivity index (χ0n) is 10.8. The number of nitrogens with two attached hydrogens (primary N) is 1. The first-order chi connectivity index (χ1) is 8.20. The molecule has 2 aliphatic rings. The summed E-state index contributed by atoms with van der Waals surface area (Å²) in [5.41, 5.74) is 5.42. The van der Waals surface area contributed by atoms with Gasteiger partial charge in [0.15, 0.2) is 0 Å². The van der Waals surface area contributed by atoms with Crippen LogP contribution in [0.1, 0.15) is 44.9 Å². The summed E-state index contributed by atoms with van der Waals surface area (Å²) in [5, 5.41) is 3.18. The molecule has 0 radical (unpaired) electrons. The highest BCUT2D eigenvalue weighted by molar-refractivity contribution is 5.76. The monoisotopic (exact) mass is 239 g/mol. The summed E-state index contributed by atoms with van der Waals surface area (Å²) in [5.74, 6) is 0.183. The number of nitrogens with zero attached hydrogens (tertiary/aromatic N) is 1. The van der Waals surface area contributed by atoms with Crippen LogP contribution in [0.2, 0.25) is 0 Å². The third kappa shape index (κ3) is 3.19. The third-order valence-corrected chi connectivity index (χ3v) is 4.31. The molecule has 98 valence electrons. The van der Waals surface area contributed by atoms with Crippen LogP contribution in [0.25, 0.3) is 0 Å². The molecule has 4 heteroatoms. The molecule has 17 heavy (non-hydrogen) atoms. The second-order valence-corrected chi connectivity index (χ2v) is 5.53. The van der Waals surface area contributed by atoms with Gasteiger partial charge >= 0.3 is 0 Å². The van der Waals surface area contributed by atoms with E-state index in [2.05, 4.69) is 17.3 Å². The van der Waals surface area contributed by atoms with Gasteiger partial charge in [-0.25, -0.2) is 0 Å². The molecule has 0 aromatic rings. The SMILES string of the molecule is CN1C2CCCC1CC(NC(=O)CCCN)C2. The highest BCUT2D eigenvalue weighted by Crippen LogP contribution is 2.32. The molecule has 0 spiro atoms. The van der Waals surface area contributed by atoms with Crippen LogP contribution in [-0.2, 0) is 4.79 Å². The molecular formula is C13H25N3O. The molecule has 2 fully saturated rings. The molecule has 3 N–H and O–H groups in total. The summed E-state index contributed by atoms with van der Waals surface area (Å²) < 4.78 is 0. The van der Waals surface area contributed by atoms with Crippen molar-refractivity contribution in [3.8, 4) is 0 Å². The molecule has 0 aliphatic carbocycles. The summed E-state index contributed by atoms with van der Waals surface area (Å²) >= 11 is 0. The first-order valence-electron chi connectivity index (χ1n) is 6.92. The van der Waals surface area contributed by atoms with Gasteiger partial charge in [0.1, 0.15) is 0 Å². The van der Waals surface area contributed by atoms with E-state index in [-0.39, 0.29) is 5.91 Å². The molecule has 0 aromatic heterocycles. The van der Waals surface area contributed by atoms with E-state index in [0.717, 1.165) is 19.3 Å². The quantitative estimate of drug-likeness (QED) is 0.765. The molecule has 0 saturated carbocycles. The average Bonchev–Trinajstić information content (AvgIpc) is 2.28. The molecule has 2 aliphatic heterocycles. The lowest BCUT2D eigenvalue weighted by Gasteiger charge is -2.47. The molecular weight excluding hydrogens is 214 g/mol. The molecule has 2 rings (SSSR count). The number of nitrogens with one attached hydrogen (secondary N) is 1. The number of fused-ring (bicyclic) bond motifs is 2. The van der Waals surface area contributed by atoms with E-state index in [1.165, 1.54) is 19.3 Å². The van der Waals surface area contributed by atoms with E-state index in [1.54, 1.807) is 0 Å². The van der Waals surface area contributed by atoms with Crippen molar-refractivity contribution in [1.29, 1.82) is 0 Å². The zero-order chi connectivity index (χ0) is 12.3. The molecule has 1 amide bonds. The largest absolute Gasteiger partial charge is 0.353 e. The first-order valence-corrected chi connectivity index (χ1v) is 6.92. The standard InChI is InChI=1S/C13H25N3O/c1-16-11-4-2-5-12(16)9-10(8-11)15-13(17)6-3-7-14/h10-12H,2-9,14H2,1H3,(H,15,17). The Morgan fingerprint density at radius 1 is 1.35 bits per heavy atom. The van der Waals surface area contributed by atoms with Gasteiger partial charge in [-0.1, -0.05) is 6.42 Å². The second kappa shape index (κ2) is 5.83. The smallest absolute Gasteiger partial charge is 0.220 e. The van der Waals surface area contributed by atoms with Crippen LogP contribution in [0.5, 0.6) is 0 Å². The normalized spacial score (nSPS) is 33.4. The van der Waals surface area contributed by atoms with Crippen LogP contribution in [0.15, 0.2) is 0 Å². The van der Waals surface area contributed by atoms with Gasteiger partial charge in [0.2, 0.25) is 5.91 Å². The Labute approximate surface area is 104 Å². The fraction of sp³-hybridized carbons (Fsp3) is 0.923. The fourth-order valence-corrected chi connectivity index (χ4v) is 3.30. The van der Waals surface area contributed by atoms with E-state index in [0.29, 0.717) is 31.1 Å². The highest BCUT2D eigenvalue weighted by Gasteiger charge is 2.36. The van der Waals surface area contributed by atoms with Crippen molar-refractivity contribution in [2.75, 3.05) is 13.6 Å². The lowest BCUT2D eigenvalue weighted by molar-refractivity contribution is -0.122. The van der Waals surface area contributed by atoms with Crippen molar-refractivity contribution in [2.45, 2.75) is 63.1 Å². The van der Waals surface area contributed by atoms with Gasteiger partial charge in [-0.05, 0) is 45.7 Å². The Morgan fingerprint density at radius 3 is 2.59 bits per heavy atom. The van der Waals surface area contributed by atoms with Crippen LogP contribution in [0, 0.1) is 0 Å². The van der Waals surface area contributed by atoms with Crippen molar-refractivity contribution in [2.24, 2.45) is 5.73 Å². The summed E-state index contributed by atoms with van der Waals surface area (Å²) in [6.07, 6.45) is 7.57. The Hall–Kier alpha value is -0.610. The Balaban J connectivity index is 1.81. The Morgan fingerprint density at radius 2 is 2.00 bits per heavy atom. The van der Waals surface area contributed by atoms with Crippen LogP contribution in [0.4, 0.5) is 0 Å². The molecule has 2 heterocycles. The van der Waals surface area contributed by atoms with Crippen molar-refractivity contribution in [3.63, 3.8) is 0 Å². The minimum atomic E-state index is 0.183. The number of hydrogen-bond acceptors (Lipinski definition) is 3. The van der Waals surface area contributed by atoms with Crippen LogP contribution < -0.4 is 11.1 Å². The van der Waals surface area contributed by atoms with Gasteiger partial charge in [-0.15, -0.1) is 0 Å². The summed E-state index contributed by atoms with van der Waals surface area (Å²) in [7, 11) is 2.24. The maximum Gasteiger partial charge on any atom is 0.220 e. The topological polar surface area (TPSA) is 58.4 Å². The van der Waals surface area contributed by atoms with Crippen LogP contribution in [-0.4, -0.2) is 42.5 Å². The molecule has 2 atom stereocenters. The van der Waals surface area contributed by atoms with Crippen molar-refractivity contribution in [1.82, 2.24) is 10.2 Å². The number of piperidine rings is 2. The minimum Gasteiger partial charge on any atom is -0.353 e. The molecule has 4 nitrogen and oxygen atoms in total. The number of carbonyl (C=O) groups excluding carboxylic acids is 1. The van der Waals surface area contributed by atoms with E-state index in [1.807, 2.05) is 0 Å². The van der Waals surface area contributed by atoms with Crippen molar-refractivity contribution >= 4 is 5.91 Å². The second-order valence-electron chi connectivity index (χ2n) is 5.53. The number of carbonyl (C=O) groups is 1. The highest BCUT2D eigenvalue weighted by atomic mass is 16.1. The molecule has 0 aromatic carbocycles. The summed E-state index contributed by atoms with van der Waals surface area (Å²) in [6, 6.07) is 1.76. The van der Waals surface area contributed by atoms with Crippen LogP contribution >= 0.6 is 0 Å². The van der Waals surface area contributed by atoms with E-state index in [9.17, 15) is 4.79 Å². The predicted octanol–water partition coefficient (Wildman–Crippen LogP) is 0.857. The summed E-state index contributed by atoms with van der Waals surface area (Å²) in [4.78, 5) is 14.2. The maximum absolute atomic E-state index is 11.7. The van der Waals surface area contributed by atoms with Gasteiger partial charge in [0.05, 0.1) is 0 Å². The Bertz CT molecular complexity index is 255. The Kier molecular flexibility index (Phi) is 4.40. The lowest BCUT2D eigenvalue weighted by atomic mass is 9.82. The molecule has 2 bridgehead atoms. The van der Waals surface area contributed by atoms with Gasteiger partial charge in [-0.3, -0.25) is 4.79 Å². The van der Waals surface area contributed by atoms with Gasteiger partial charge in [0.25, 0.3) is 0 Å². The van der Waals surface area contributed by atoms with Gasteiger partial charge < -0.3 is 16.0 Å². The number of hydrogen-bond donors (Lipinski definition) is 2. The first kappa shape index (κ1) is 12.8. The van der Waals surface area contributed by atoms with Crippen molar-refractivity contribution < 1.29 is 4.79 Å².